The van der Waals surface area contributed by atoms with Gasteiger partial charge in [0, 0.05) is 11.3 Å². The molecular weight excluding hydrogens is 299 g/mol. The summed E-state index contributed by atoms with van der Waals surface area (Å²) in [7, 11) is 0. The molecule has 0 fully saturated rings. The van der Waals surface area contributed by atoms with Crippen molar-refractivity contribution in [2.45, 2.75) is 0 Å². The number of hydrogen-bond donors (Lipinski definition) is 2. The van der Waals surface area contributed by atoms with Gasteiger partial charge in [-0.25, -0.2) is 0 Å². The maximum Gasteiger partial charge on any atom is 0.257 e. The van der Waals surface area contributed by atoms with Gasteiger partial charge in [0.2, 0.25) is 5.91 Å². The van der Waals surface area contributed by atoms with E-state index in [1.165, 1.54) is 6.07 Å². The number of carbonyl (C=O) groups is 2. The first-order valence-electron chi connectivity index (χ1n) is 5.64. The molecule has 0 radical (unpaired) electrons. The lowest BCUT2D eigenvalue weighted by Gasteiger charge is -2.08. The van der Waals surface area contributed by atoms with Gasteiger partial charge < -0.3 is 11.1 Å². The molecule has 2 aromatic rings. The number of nitrogens with one attached hydrogen (secondary N) is 1. The van der Waals surface area contributed by atoms with Gasteiger partial charge in [-0.2, -0.15) is 0 Å². The van der Waals surface area contributed by atoms with E-state index in [4.69, 9.17) is 28.9 Å². The first-order valence-corrected chi connectivity index (χ1v) is 6.40. The van der Waals surface area contributed by atoms with Gasteiger partial charge in [0.1, 0.15) is 0 Å². The third kappa shape index (κ3) is 3.10. The van der Waals surface area contributed by atoms with Crippen LogP contribution < -0.4 is 11.1 Å². The molecule has 0 spiro atoms. The summed E-state index contributed by atoms with van der Waals surface area (Å²) < 4.78 is 0. The minimum atomic E-state index is -0.568. The highest BCUT2D eigenvalue weighted by molar-refractivity contribution is 6.44. The molecule has 0 saturated heterocycles. The van der Waals surface area contributed by atoms with Crippen LogP contribution in [-0.4, -0.2) is 11.8 Å². The zero-order valence-corrected chi connectivity index (χ0v) is 11.7. The quantitative estimate of drug-likeness (QED) is 0.912. The lowest BCUT2D eigenvalue weighted by molar-refractivity contribution is 0.0996. The van der Waals surface area contributed by atoms with E-state index in [-0.39, 0.29) is 10.6 Å². The number of primary amides is 1. The van der Waals surface area contributed by atoms with Gasteiger partial charge >= 0.3 is 0 Å². The van der Waals surface area contributed by atoms with Crippen LogP contribution in [0.25, 0.3) is 0 Å². The fraction of sp³-hybridized carbons (Fsp3) is 0. The van der Waals surface area contributed by atoms with Crippen molar-refractivity contribution in [1.82, 2.24) is 0 Å². The Morgan fingerprint density at radius 1 is 1.05 bits per heavy atom. The van der Waals surface area contributed by atoms with E-state index in [0.717, 1.165) is 0 Å². The van der Waals surface area contributed by atoms with Crippen molar-refractivity contribution < 1.29 is 9.59 Å². The van der Waals surface area contributed by atoms with Crippen LogP contribution in [0.3, 0.4) is 0 Å². The summed E-state index contributed by atoms with van der Waals surface area (Å²) in [4.78, 5) is 23.2. The minimum absolute atomic E-state index is 0.178. The van der Waals surface area contributed by atoms with Gasteiger partial charge in [0.05, 0.1) is 15.6 Å². The van der Waals surface area contributed by atoms with E-state index in [0.29, 0.717) is 16.3 Å². The zero-order chi connectivity index (χ0) is 14.7. The molecule has 0 aliphatic heterocycles. The Labute approximate surface area is 125 Å². The molecule has 102 valence electrons. The second kappa shape index (κ2) is 5.94. The number of amides is 2. The second-order valence-corrected chi connectivity index (χ2v) is 4.79. The number of halogens is 2. The number of nitrogens with two attached hydrogens (primary N) is 1. The predicted molar refractivity (Wildman–Crippen MR) is 79.4 cm³/mol. The van der Waals surface area contributed by atoms with E-state index in [2.05, 4.69) is 5.32 Å². The molecule has 2 rings (SSSR count). The van der Waals surface area contributed by atoms with Crippen molar-refractivity contribution in [1.29, 1.82) is 0 Å². The fourth-order valence-electron chi connectivity index (χ4n) is 1.63. The Morgan fingerprint density at radius 3 is 2.45 bits per heavy atom. The van der Waals surface area contributed by atoms with E-state index < -0.39 is 11.8 Å². The highest BCUT2D eigenvalue weighted by atomic mass is 35.5. The van der Waals surface area contributed by atoms with Gasteiger partial charge in [-0.1, -0.05) is 35.3 Å². The molecule has 0 unspecified atom stereocenters. The van der Waals surface area contributed by atoms with Crippen molar-refractivity contribution >= 4 is 40.7 Å². The summed E-state index contributed by atoms with van der Waals surface area (Å²) in [5.74, 6) is -0.985. The molecule has 2 aromatic carbocycles. The Hall–Kier alpha value is -2.04. The van der Waals surface area contributed by atoms with E-state index in [1.807, 2.05) is 0 Å². The molecule has 0 aliphatic carbocycles. The maximum atomic E-state index is 12.1. The Balaban J connectivity index is 2.26. The second-order valence-electron chi connectivity index (χ2n) is 4.00. The lowest BCUT2D eigenvalue weighted by Crippen LogP contribution is -2.14. The molecule has 6 heteroatoms. The van der Waals surface area contributed by atoms with Crippen LogP contribution in [0.2, 0.25) is 10.0 Å². The molecule has 0 bridgehead atoms. The number of anilines is 1. The van der Waals surface area contributed by atoms with Crippen LogP contribution >= 0.6 is 23.2 Å². The molecule has 3 N–H and O–H groups in total. The van der Waals surface area contributed by atoms with Crippen LogP contribution in [0.1, 0.15) is 20.7 Å². The molecule has 0 heterocycles. The lowest BCUT2D eigenvalue weighted by atomic mass is 10.1. The van der Waals surface area contributed by atoms with Crippen LogP contribution in [0, 0.1) is 0 Å². The van der Waals surface area contributed by atoms with Crippen molar-refractivity contribution in [3.05, 3.63) is 63.6 Å². The average Bonchev–Trinajstić information content (AvgIpc) is 2.42. The summed E-state index contributed by atoms with van der Waals surface area (Å²) >= 11 is 11.8. The van der Waals surface area contributed by atoms with E-state index >= 15 is 0 Å². The van der Waals surface area contributed by atoms with Gasteiger partial charge in [0.25, 0.3) is 5.91 Å². The third-order valence-electron chi connectivity index (χ3n) is 2.60. The van der Waals surface area contributed by atoms with Crippen molar-refractivity contribution in [3.63, 3.8) is 0 Å². The average molecular weight is 309 g/mol. The highest BCUT2D eigenvalue weighted by Crippen LogP contribution is 2.26. The summed E-state index contributed by atoms with van der Waals surface area (Å²) in [5, 5.41) is 3.11. The van der Waals surface area contributed by atoms with E-state index in [1.54, 1.807) is 36.4 Å². The first kappa shape index (κ1) is 14.4. The SMILES string of the molecule is NC(=O)c1cccc(NC(=O)c2cccc(Cl)c2Cl)c1. The largest absolute Gasteiger partial charge is 0.366 e. The molecule has 0 atom stereocenters. The smallest absolute Gasteiger partial charge is 0.257 e. The van der Waals surface area contributed by atoms with Crippen LogP contribution in [0.5, 0.6) is 0 Å². The minimum Gasteiger partial charge on any atom is -0.366 e. The van der Waals surface area contributed by atoms with Gasteiger partial charge in [0.15, 0.2) is 0 Å². The summed E-state index contributed by atoms with van der Waals surface area (Å²) in [5.41, 5.74) is 6.18. The first-order chi connectivity index (χ1) is 9.49. The van der Waals surface area contributed by atoms with Gasteiger partial charge in [-0.3, -0.25) is 9.59 Å². The molecule has 0 aromatic heterocycles. The summed E-state index contributed by atoms with van der Waals surface area (Å²) in [6.07, 6.45) is 0. The molecule has 2 amide bonds. The predicted octanol–water partition coefficient (Wildman–Crippen LogP) is 3.34. The third-order valence-corrected chi connectivity index (χ3v) is 3.42. The van der Waals surface area contributed by atoms with E-state index in [9.17, 15) is 9.59 Å². The molecule has 0 saturated carbocycles. The normalized spacial score (nSPS) is 10.1. The Kier molecular flexibility index (Phi) is 4.27. The van der Waals surface area contributed by atoms with Gasteiger partial charge in [-0.15, -0.1) is 0 Å². The van der Waals surface area contributed by atoms with Crippen LogP contribution in [-0.2, 0) is 0 Å². The maximum absolute atomic E-state index is 12.1. The molecule has 0 aliphatic rings. The molecule has 4 nitrogen and oxygen atoms in total. The van der Waals surface area contributed by atoms with Crippen molar-refractivity contribution in [3.8, 4) is 0 Å². The molecule has 20 heavy (non-hydrogen) atoms. The number of benzene rings is 2. The standard InChI is InChI=1S/C14H10Cl2N2O2/c15-11-6-2-5-10(12(11)16)14(20)18-9-4-1-3-8(7-9)13(17)19/h1-7H,(H2,17,19)(H,18,20). The highest BCUT2D eigenvalue weighted by Gasteiger charge is 2.13. The number of carbonyl (C=O) groups excluding carboxylic acids is 2. The topological polar surface area (TPSA) is 72.2 Å². The van der Waals surface area contributed by atoms with Crippen molar-refractivity contribution in [2.75, 3.05) is 5.32 Å². The summed E-state index contributed by atoms with van der Waals surface area (Å²) in [6.45, 7) is 0. The monoisotopic (exact) mass is 308 g/mol. The van der Waals surface area contributed by atoms with Gasteiger partial charge in [-0.05, 0) is 30.3 Å². The summed E-state index contributed by atoms with van der Waals surface area (Å²) in [6, 6.07) is 11.1. The molecular formula is C14H10Cl2N2O2. The van der Waals surface area contributed by atoms with Crippen LogP contribution in [0.4, 0.5) is 5.69 Å². The fourth-order valence-corrected chi connectivity index (χ4v) is 2.01. The number of rotatable bonds is 3. The van der Waals surface area contributed by atoms with Crippen molar-refractivity contribution in [2.24, 2.45) is 5.73 Å². The zero-order valence-electron chi connectivity index (χ0n) is 10.2. The van der Waals surface area contributed by atoms with Crippen LogP contribution in [0.15, 0.2) is 42.5 Å². The Bertz CT molecular complexity index is 687. The Morgan fingerprint density at radius 2 is 1.75 bits per heavy atom. The number of hydrogen-bond acceptors (Lipinski definition) is 2.